The van der Waals surface area contributed by atoms with Crippen molar-refractivity contribution in [1.82, 2.24) is 24.6 Å². The van der Waals surface area contributed by atoms with E-state index >= 15 is 0 Å². The summed E-state index contributed by atoms with van der Waals surface area (Å²) in [4.78, 5) is 31.0. The van der Waals surface area contributed by atoms with E-state index in [-0.39, 0.29) is 11.9 Å². The maximum atomic E-state index is 13.0. The highest BCUT2D eigenvalue weighted by Crippen LogP contribution is 2.34. The third kappa shape index (κ3) is 6.40. The molecule has 4 rings (SSSR count). The van der Waals surface area contributed by atoms with Crippen LogP contribution in [0.15, 0.2) is 59.3 Å². The van der Waals surface area contributed by atoms with Gasteiger partial charge in [-0.3, -0.25) is 14.6 Å². The van der Waals surface area contributed by atoms with E-state index in [2.05, 4.69) is 51.5 Å². The van der Waals surface area contributed by atoms with Gasteiger partial charge in [-0.05, 0) is 44.4 Å². The molecule has 3 N–H and O–H groups in total. The third-order valence-electron chi connectivity index (χ3n) is 7.41. The highest BCUT2D eigenvalue weighted by molar-refractivity contribution is 6.12. The highest BCUT2D eigenvalue weighted by atomic mass is 16.2. The van der Waals surface area contributed by atoms with Crippen LogP contribution < -0.4 is 11.1 Å². The topological polar surface area (TPSA) is 93.3 Å². The number of anilines is 1. The van der Waals surface area contributed by atoms with Crippen LogP contribution in [0.4, 0.5) is 5.82 Å². The minimum atomic E-state index is -0.0575. The van der Waals surface area contributed by atoms with E-state index in [1.54, 1.807) is 19.0 Å². The van der Waals surface area contributed by atoms with Crippen molar-refractivity contribution in [2.24, 2.45) is 10.7 Å². The summed E-state index contributed by atoms with van der Waals surface area (Å²) in [5.41, 5.74) is 8.48. The SMILES string of the molecule is C=C(/N=C1\C(=C/N)C=C(C(=O)N(C)C)N1C1CCCC1)Nc1ccc(CN2CCN(C(C)C)CC2)cn1. The number of nitrogens with one attached hydrogen (secondary N) is 1. The first-order valence-corrected chi connectivity index (χ1v) is 13.4. The molecule has 2 fully saturated rings. The van der Waals surface area contributed by atoms with Crippen LogP contribution in [0, 0.1) is 0 Å². The van der Waals surface area contributed by atoms with Crippen molar-refractivity contribution in [1.29, 1.82) is 0 Å². The molecule has 1 saturated carbocycles. The van der Waals surface area contributed by atoms with Crippen LogP contribution in [0.2, 0.25) is 0 Å². The molecule has 37 heavy (non-hydrogen) atoms. The first kappa shape index (κ1) is 26.9. The molecule has 1 saturated heterocycles. The zero-order chi connectivity index (χ0) is 26.5. The summed E-state index contributed by atoms with van der Waals surface area (Å²) in [6.45, 7) is 13.9. The van der Waals surface area contributed by atoms with Crippen molar-refractivity contribution in [3.63, 3.8) is 0 Å². The second kappa shape index (κ2) is 11.9. The van der Waals surface area contributed by atoms with Gasteiger partial charge in [-0.2, -0.15) is 0 Å². The Labute approximate surface area is 221 Å². The molecule has 2 aliphatic heterocycles. The minimum absolute atomic E-state index is 0.0575. The molecule has 0 spiro atoms. The van der Waals surface area contributed by atoms with Gasteiger partial charge in [0.2, 0.25) is 0 Å². The van der Waals surface area contributed by atoms with Crippen molar-refractivity contribution in [2.45, 2.75) is 58.2 Å². The number of aromatic nitrogens is 1. The van der Waals surface area contributed by atoms with E-state index in [0.29, 0.717) is 29.2 Å². The lowest BCUT2D eigenvalue weighted by molar-refractivity contribution is -0.126. The fourth-order valence-electron chi connectivity index (χ4n) is 5.29. The Kier molecular flexibility index (Phi) is 8.66. The van der Waals surface area contributed by atoms with Crippen LogP contribution in [-0.4, -0.2) is 88.7 Å². The maximum absolute atomic E-state index is 13.0. The Morgan fingerprint density at radius 1 is 1.24 bits per heavy atom. The Bertz CT molecular complexity index is 1060. The molecule has 200 valence electrons. The fourth-order valence-corrected chi connectivity index (χ4v) is 5.29. The number of nitrogens with zero attached hydrogens (tertiary/aromatic N) is 6. The number of carbonyl (C=O) groups excluding carboxylic acids is 1. The first-order chi connectivity index (χ1) is 17.8. The number of nitrogens with two attached hydrogens (primary N) is 1. The van der Waals surface area contributed by atoms with Gasteiger partial charge in [0.15, 0.2) is 0 Å². The monoisotopic (exact) mass is 506 g/mol. The van der Waals surface area contributed by atoms with Crippen LogP contribution in [0.1, 0.15) is 45.1 Å². The maximum Gasteiger partial charge on any atom is 0.270 e. The fraction of sp³-hybridized carbons (Fsp3) is 0.536. The molecular formula is C28H42N8O. The first-order valence-electron chi connectivity index (χ1n) is 13.4. The lowest BCUT2D eigenvalue weighted by atomic mass is 10.2. The van der Waals surface area contributed by atoms with E-state index < -0.39 is 0 Å². The van der Waals surface area contributed by atoms with Crippen molar-refractivity contribution in [3.8, 4) is 0 Å². The summed E-state index contributed by atoms with van der Waals surface area (Å²) < 4.78 is 0. The molecule has 9 heteroatoms. The van der Waals surface area contributed by atoms with E-state index in [4.69, 9.17) is 10.7 Å². The van der Waals surface area contributed by atoms with Gasteiger partial charge in [0.05, 0.1) is 0 Å². The third-order valence-corrected chi connectivity index (χ3v) is 7.41. The molecule has 0 unspecified atom stereocenters. The van der Waals surface area contributed by atoms with E-state index in [1.165, 1.54) is 11.8 Å². The Morgan fingerprint density at radius 3 is 2.51 bits per heavy atom. The molecule has 1 aromatic heterocycles. The molecule has 1 aliphatic carbocycles. The predicted molar refractivity (Wildman–Crippen MR) is 150 cm³/mol. The number of amidine groups is 1. The van der Waals surface area contributed by atoms with Crippen LogP contribution in [0.5, 0.6) is 0 Å². The quantitative estimate of drug-likeness (QED) is 0.560. The van der Waals surface area contributed by atoms with E-state index in [9.17, 15) is 4.79 Å². The number of hydrogen-bond donors (Lipinski definition) is 2. The number of pyridine rings is 1. The van der Waals surface area contributed by atoms with E-state index in [1.807, 2.05) is 18.3 Å². The summed E-state index contributed by atoms with van der Waals surface area (Å²) in [6, 6.07) is 4.89. The molecule has 0 aromatic carbocycles. The number of rotatable bonds is 8. The Morgan fingerprint density at radius 2 is 1.95 bits per heavy atom. The second-order valence-corrected chi connectivity index (χ2v) is 10.6. The summed E-state index contributed by atoms with van der Waals surface area (Å²) in [6.07, 6.45) is 9.58. The number of piperazine rings is 1. The van der Waals surface area contributed by atoms with Crippen molar-refractivity contribution in [2.75, 3.05) is 45.6 Å². The van der Waals surface area contributed by atoms with Gasteiger partial charge in [-0.15, -0.1) is 0 Å². The van der Waals surface area contributed by atoms with Crippen LogP contribution in [0.25, 0.3) is 0 Å². The van der Waals surface area contributed by atoms with Gasteiger partial charge in [-0.25, -0.2) is 9.98 Å². The van der Waals surface area contributed by atoms with Crippen molar-refractivity contribution < 1.29 is 4.79 Å². The second-order valence-electron chi connectivity index (χ2n) is 10.6. The average molecular weight is 507 g/mol. The van der Waals surface area contributed by atoms with Crippen molar-refractivity contribution in [3.05, 3.63) is 59.8 Å². The summed E-state index contributed by atoms with van der Waals surface area (Å²) in [5.74, 6) is 1.74. The molecule has 3 heterocycles. The number of hydrogen-bond acceptors (Lipinski definition) is 7. The van der Waals surface area contributed by atoms with Gasteiger partial charge in [-0.1, -0.05) is 25.5 Å². The average Bonchev–Trinajstić information content (AvgIpc) is 3.53. The zero-order valence-electron chi connectivity index (χ0n) is 22.8. The molecule has 1 aromatic rings. The number of carbonyl (C=O) groups is 1. The van der Waals surface area contributed by atoms with Gasteiger partial charge >= 0.3 is 0 Å². The predicted octanol–water partition coefficient (Wildman–Crippen LogP) is 2.96. The summed E-state index contributed by atoms with van der Waals surface area (Å²) in [5, 5.41) is 3.21. The highest BCUT2D eigenvalue weighted by Gasteiger charge is 2.37. The molecular weight excluding hydrogens is 464 g/mol. The normalized spacial score (nSPS) is 21.8. The Balaban J connectivity index is 1.42. The van der Waals surface area contributed by atoms with Gasteiger partial charge < -0.3 is 20.9 Å². The number of aliphatic imine (C=N–C) groups is 1. The number of likely N-dealkylation sites (N-methyl/N-ethyl adjacent to an activating group) is 1. The summed E-state index contributed by atoms with van der Waals surface area (Å²) >= 11 is 0. The van der Waals surface area contributed by atoms with E-state index in [0.717, 1.165) is 64.0 Å². The van der Waals surface area contributed by atoms with Crippen LogP contribution in [-0.2, 0) is 11.3 Å². The van der Waals surface area contributed by atoms with Gasteiger partial charge in [0.25, 0.3) is 5.91 Å². The molecule has 1 amide bonds. The lowest BCUT2D eigenvalue weighted by Gasteiger charge is -2.36. The molecule has 9 nitrogen and oxygen atoms in total. The lowest BCUT2D eigenvalue weighted by Crippen LogP contribution is -2.48. The molecule has 0 atom stereocenters. The van der Waals surface area contributed by atoms with Gasteiger partial charge in [0.1, 0.15) is 23.2 Å². The zero-order valence-corrected chi connectivity index (χ0v) is 22.8. The molecule has 3 aliphatic rings. The minimum Gasteiger partial charge on any atom is -0.404 e. The standard InChI is InChI=1S/C28H42N8O/c1-20(2)35-14-12-34(13-15-35)19-22-10-11-26(30-18-22)31-21(3)32-27-23(17-29)16-25(28(37)33(4)5)36(27)24-8-6-7-9-24/h10-11,16-18,20,24H,3,6-9,12-15,19,29H2,1-2,4-5H3,(H,30,31)/b23-17-,32-27+. The summed E-state index contributed by atoms with van der Waals surface area (Å²) in [7, 11) is 3.52. The smallest absolute Gasteiger partial charge is 0.270 e. The van der Waals surface area contributed by atoms with Gasteiger partial charge in [0, 0.05) is 76.9 Å². The molecule has 0 radical (unpaired) electrons. The van der Waals surface area contributed by atoms with Crippen molar-refractivity contribution >= 4 is 17.6 Å². The van der Waals surface area contributed by atoms with Crippen LogP contribution in [0.3, 0.4) is 0 Å². The van der Waals surface area contributed by atoms with Crippen LogP contribution >= 0.6 is 0 Å². The largest absolute Gasteiger partial charge is 0.404 e. The Hall–Kier alpha value is -3.17. The molecule has 0 bridgehead atoms. The number of amides is 1.